The van der Waals surface area contributed by atoms with Crippen molar-refractivity contribution in [1.29, 1.82) is 5.26 Å². The smallest absolute Gasteiger partial charge is 0.266 e. The van der Waals surface area contributed by atoms with Gasteiger partial charge in [0, 0.05) is 46.5 Å². The molecule has 1 aliphatic rings. The summed E-state index contributed by atoms with van der Waals surface area (Å²) in [5.41, 5.74) is 2.13. The molecule has 1 fully saturated rings. The zero-order valence-corrected chi connectivity index (χ0v) is 17.6. The number of rotatable bonds is 5. The van der Waals surface area contributed by atoms with Crippen LogP contribution < -0.4 is 5.32 Å². The minimum Gasteiger partial charge on any atom is -0.341 e. The van der Waals surface area contributed by atoms with Gasteiger partial charge in [0.1, 0.15) is 18.2 Å². The second kappa shape index (κ2) is 9.07. The normalized spacial score (nSPS) is 13.9. The van der Waals surface area contributed by atoms with Gasteiger partial charge in [0.25, 0.3) is 5.91 Å². The number of carbonyl (C=O) groups is 2. The standard InChI is InChI=1S/C24H21ClN4O2/c25-19-7-9-20(10-8-19)27-24(31)17(14-26)13-18-15-29(22-6-2-1-5-21(18)22)16-23(30)28-11-3-4-12-28/h1-2,5-10,13,15H,3-4,11-12,16H2,(H,27,31)/b17-13+. The number of nitrogens with zero attached hydrogens (tertiary/aromatic N) is 3. The molecule has 1 saturated heterocycles. The van der Waals surface area contributed by atoms with Gasteiger partial charge in [-0.25, -0.2) is 0 Å². The van der Waals surface area contributed by atoms with E-state index in [2.05, 4.69) is 5.32 Å². The molecule has 2 amide bonds. The molecule has 2 heterocycles. The first-order valence-electron chi connectivity index (χ1n) is 10.1. The number of nitriles is 1. The summed E-state index contributed by atoms with van der Waals surface area (Å²) in [4.78, 5) is 27.1. The lowest BCUT2D eigenvalue weighted by atomic mass is 10.1. The summed E-state index contributed by atoms with van der Waals surface area (Å²) in [6.07, 6.45) is 5.47. The van der Waals surface area contributed by atoms with E-state index in [9.17, 15) is 14.9 Å². The summed E-state index contributed by atoms with van der Waals surface area (Å²) in [5, 5.41) is 13.7. The van der Waals surface area contributed by atoms with Gasteiger partial charge in [0.05, 0.1) is 0 Å². The van der Waals surface area contributed by atoms with E-state index < -0.39 is 5.91 Å². The van der Waals surface area contributed by atoms with Gasteiger partial charge in [0.15, 0.2) is 0 Å². The quantitative estimate of drug-likeness (QED) is 0.477. The molecule has 3 aromatic rings. The molecule has 1 aromatic heterocycles. The number of anilines is 1. The Morgan fingerprint density at radius 3 is 2.52 bits per heavy atom. The number of benzene rings is 2. The van der Waals surface area contributed by atoms with Crippen LogP contribution in [-0.4, -0.2) is 34.4 Å². The van der Waals surface area contributed by atoms with Crippen molar-refractivity contribution in [1.82, 2.24) is 9.47 Å². The average molecular weight is 433 g/mol. The molecule has 2 aromatic carbocycles. The number of carbonyl (C=O) groups excluding carboxylic acids is 2. The van der Waals surface area contributed by atoms with E-state index in [-0.39, 0.29) is 18.0 Å². The van der Waals surface area contributed by atoms with Crippen molar-refractivity contribution < 1.29 is 9.59 Å². The van der Waals surface area contributed by atoms with Gasteiger partial charge in [-0.3, -0.25) is 9.59 Å². The summed E-state index contributed by atoms with van der Waals surface area (Å²) in [5.74, 6) is -0.426. The van der Waals surface area contributed by atoms with Crippen LogP contribution >= 0.6 is 11.6 Å². The number of halogens is 1. The minimum atomic E-state index is -0.505. The molecular formula is C24H21ClN4O2. The number of fused-ring (bicyclic) bond motifs is 1. The van der Waals surface area contributed by atoms with Crippen LogP contribution in [0.4, 0.5) is 5.69 Å². The summed E-state index contributed by atoms with van der Waals surface area (Å²) in [6.45, 7) is 1.83. The summed E-state index contributed by atoms with van der Waals surface area (Å²) in [7, 11) is 0. The highest BCUT2D eigenvalue weighted by Crippen LogP contribution is 2.24. The molecule has 31 heavy (non-hydrogen) atoms. The highest BCUT2D eigenvalue weighted by molar-refractivity contribution is 6.30. The fourth-order valence-electron chi connectivity index (χ4n) is 3.77. The zero-order chi connectivity index (χ0) is 21.8. The van der Waals surface area contributed by atoms with Crippen LogP contribution in [0.25, 0.3) is 17.0 Å². The van der Waals surface area contributed by atoms with E-state index in [1.165, 1.54) is 0 Å². The van der Waals surface area contributed by atoms with Crippen molar-refractivity contribution in [3.8, 4) is 6.07 Å². The maximum atomic E-state index is 12.6. The number of nitrogens with one attached hydrogen (secondary N) is 1. The molecule has 1 aliphatic heterocycles. The van der Waals surface area contributed by atoms with Crippen LogP contribution in [0.1, 0.15) is 18.4 Å². The molecule has 0 radical (unpaired) electrons. The highest BCUT2D eigenvalue weighted by atomic mass is 35.5. The first-order chi connectivity index (χ1) is 15.0. The molecule has 156 valence electrons. The lowest BCUT2D eigenvalue weighted by Gasteiger charge is -2.15. The third kappa shape index (κ3) is 4.62. The molecule has 0 spiro atoms. The zero-order valence-electron chi connectivity index (χ0n) is 16.8. The van der Waals surface area contributed by atoms with Crippen molar-refractivity contribution in [3.05, 3.63) is 70.9 Å². The van der Waals surface area contributed by atoms with Gasteiger partial charge in [-0.2, -0.15) is 5.26 Å². The molecule has 0 atom stereocenters. The van der Waals surface area contributed by atoms with Gasteiger partial charge in [0.2, 0.25) is 5.91 Å². The second-order valence-corrected chi connectivity index (χ2v) is 7.88. The monoisotopic (exact) mass is 432 g/mol. The van der Waals surface area contributed by atoms with E-state index in [1.54, 1.807) is 30.3 Å². The molecule has 1 N–H and O–H groups in total. The van der Waals surface area contributed by atoms with Crippen molar-refractivity contribution in [2.45, 2.75) is 19.4 Å². The molecule has 7 heteroatoms. The molecule has 0 bridgehead atoms. The van der Waals surface area contributed by atoms with E-state index in [1.807, 2.05) is 46.0 Å². The Kier molecular flexibility index (Phi) is 6.06. The average Bonchev–Trinajstić information content (AvgIpc) is 3.43. The molecule has 0 aliphatic carbocycles. The number of hydrogen-bond acceptors (Lipinski definition) is 3. The van der Waals surface area contributed by atoms with Crippen LogP contribution in [0.5, 0.6) is 0 Å². The van der Waals surface area contributed by atoms with E-state index in [0.29, 0.717) is 16.3 Å². The van der Waals surface area contributed by atoms with Gasteiger partial charge in [-0.1, -0.05) is 29.8 Å². The van der Waals surface area contributed by atoms with E-state index in [4.69, 9.17) is 11.6 Å². The number of hydrogen-bond donors (Lipinski definition) is 1. The van der Waals surface area contributed by atoms with Crippen LogP contribution in [-0.2, 0) is 16.1 Å². The first kappa shape index (κ1) is 20.7. The topological polar surface area (TPSA) is 78.1 Å². The SMILES string of the molecule is N#C/C(=C\c1cn(CC(=O)N2CCCC2)c2ccccc12)C(=O)Nc1ccc(Cl)cc1. The number of likely N-dealkylation sites (tertiary alicyclic amines) is 1. The van der Waals surface area contributed by atoms with E-state index >= 15 is 0 Å². The van der Waals surface area contributed by atoms with Crippen LogP contribution in [0, 0.1) is 11.3 Å². The lowest BCUT2D eigenvalue weighted by Crippen LogP contribution is -2.30. The molecular weight excluding hydrogens is 412 g/mol. The van der Waals surface area contributed by atoms with Gasteiger partial charge in [-0.05, 0) is 49.2 Å². The fourth-order valence-corrected chi connectivity index (χ4v) is 3.90. The summed E-state index contributed by atoms with van der Waals surface area (Å²) >= 11 is 5.87. The maximum absolute atomic E-state index is 12.6. The molecule has 0 saturated carbocycles. The van der Waals surface area contributed by atoms with Crippen molar-refractivity contribution in [2.24, 2.45) is 0 Å². The Balaban J connectivity index is 1.62. The third-order valence-electron chi connectivity index (χ3n) is 5.35. The lowest BCUT2D eigenvalue weighted by molar-refractivity contribution is -0.130. The number of aromatic nitrogens is 1. The Morgan fingerprint density at radius 1 is 1.10 bits per heavy atom. The largest absolute Gasteiger partial charge is 0.341 e. The first-order valence-corrected chi connectivity index (χ1v) is 10.5. The Morgan fingerprint density at radius 2 is 1.81 bits per heavy atom. The third-order valence-corrected chi connectivity index (χ3v) is 5.60. The van der Waals surface area contributed by atoms with Gasteiger partial charge < -0.3 is 14.8 Å². The molecule has 0 unspecified atom stereocenters. The van der Waals surface area contributed by atoms with Crippen molar-refractivity contribution in [3.63, 3.8) is 0 Å². The number of para-hydroxylation sites is 1. The van der Waals surface area contributed by atoms with Crippen LogP contribution in [0.15, 0.2) is 60.3 Å². The Hall–Kier alpha value is -3.56. The van der Waals surface area contributed by atoms with Crippen molar-refractivity contribution in [2.75, 3.05) is 18.4 Å². The Labute approximate surface area is 185 Å². The van der Waals surface area contributed by atoms with Crippen LogP contribution in [0.3, 0.4) is 0 Å². The van der Waals surface area contributed by atoms with Gasteiger partial charge >= 0.3 is 0 Å². The van der Waals surface area contributed by atoms with Crippen LogP contribution in [0.2, 0.25) is 5.02 Å². The van der Waals surface area contributed by atoms with E-state index in [0.717, 1.165) is 36.8 Å². The van der Waals surface area contributed by atoms with Crippen molar-refractivity contribution >= 4 is 46.1 Å². The fraction of sp³-hybridized carbons (Fsp3) is 0.208. The molecule has 4 rings (SSSR count). The summed E-state index contributed by atoms with van der Waals surface area (Å²) in [6, 6.07) is 16.3. The minimum absolute atomic E-state index is 0.0243. The number of amides is 2. The Bertz CT molecular complexity index is 1200. The predicted molar refractivity (Wildman–Crippen MR) is 121 cm³/mol. The summed E-state index contributed by atoms with van der Waals surface area (Å²) < 4.78 is 1.88. The van der Waals surface area contributed by atoms with Gasteiger partial charge in [-0.15, -0.1) is 0 Å². The molecule has 6 nitrogen and oxygen atoms in total. The predicted octanol–water partition coefficient (Wildman–Crippen LogP) is 4.46. The second-order valence-electron chi connectivity index (χ2n) is 7.45. The highest BCUT2D eigenvalue weighted by Gasteiger charge is 2.19. The maximum Gasteiger partial charge on any atom is 0.266 e.